The van der Waals surface area contributed by atoms with Crippen molar-refractivity contribution < 1.29 is 18.0 Å². The molecule has 2 aromatic rings. The van der Waals surface area contributed by atoms with E-state index in [-0.39, 0.29) is 12.4 Å². The van der Waals surface area contributed by atoms with Gasteiger partial charge in [0.1, 0.15) is 11.6 Å². The van der Waals surface area contributed by atoms with Gasteiger partial charge in [-0.05, 0) is 36.8 Å². The molecule has 0 aliphatic rings. The van der Waals surface area contributed by atoms with Crippen molar-refractivity contribution in [3.05, 3.63) is 47.8 Å². The number of rotatable bonds is 4. The van der Waals surface area contributed by atoms with E-state index >= 15 is 0 Å². The van der Waals surface area contributed by atoms with Crippen LogP contribution in [0.4, 0.5) is 24.8 Å². The van der Waals surface area contributed by atoms with Gasteiger partial charge in [0.25, 0.3) is 0 Å². The number of pyridine rings is 2. The second-order valence-corrected chi connectivity index (χ2v) is 5.02. The summed E-state index contributed by atoms with van der Waals surface area (Å²) < 4.78 is 38.1. The highest BCUT2D eigenvalue weighted by Gasteiger charge is 2.31. The maximum absolute atomic E-state index is 12.7. The minimum atomic E-state index is -4.45. The van der Waals surface area contributed by atoms with Gasteiger partial charge >= 0.3 is 6.18 Å². The quantitative estimate of drug-likeness (QED) is 0.939. The zero-order valence-corrected chi connectivity index (χ0v) is 12.6. The first-order chi connectivity index (χ1) is 10.8. The lowest BCUT2D eigenvalue weighted by Gasteiger charge is -2.18. The third-order valence-corrected chi connectivity index (χ3v) is 3.03. The van der Waals surface area contributed by atoms with Crippen molar-refractivity contribution in [3.63, 3.8) is 0 Å². The minimum absolute atomic E-state index is 0.0622. The van der Waals surface area contributed by atoms with Crippen molar-refractivity contribution in [1.29, 1.82) is 0 Å². The SMILES string of the molecule is Cc1ccnc(NC(=O)CN(C)c2cc(C(F)(F)F)ccn2)c1. The minimum Gasteiger partial charge on any atom is -0.350 e. The normalized spacial score (nSPS) is 11.2. The number of carbonyl (C=O) groups is 1. The molecule has 0 radical (unpaired) electrons. The van der Waals surface area contributed by atoms with Crippen molar-refractivity contribution in [1.82, 2.24) is 9.97 Å². The van der Waals surface area contributed by atoms with Crippen molar-refractivity contribution in [3.8, 4) is 0 Å². The average Bonchev–Trinajstić information content (AvgIpc) is 2.46. The molecule has 0 aromatic carbocycles. The average molecular weight is 324 g/mol. The van der Waals surface area contributed by atoms with Crippen molar-refractivity contribution in [2.45, 2.75) is 13.1 Å². The number of nitrogens with one attached hydrogen (secondary N) is 1. The number of nitrogens with zero attached hydrogens (tertiary/aromatic N) is 3. The summed E-state index contributed by atoms with van der Waals surface area (Å²) in [5.74, 6) is 0.0531. The lowest BCUT2D eigenvalue weighted by Crippen LogP contribution is -2.31. The lowest BCUT2D eigenvalue weighted by molar-refractivity contribution is -0.137. The van der Waals surface area contributed by atoms with Gasteiger partial charge in [0.15, 0.2) is 0 Å². The fourth-order valence-electron chi connectivity index (χ4n) is 1.89. The Morgan fingerprint density at radius 3 is 2.57 bits per heavy atom. The molecule has 2 rings (SSSR count). The Morgan fingerprint density at radius 1 is 1.22 bits per heavy atom. The summed E-state index contributed by atoms with van der Waals surface area (Å²) in [5, 5.41) is 2.59. The second kappa shape index (κ2) is 6.64. The first kappa shape index (κ1) is 16.7. The predicted molar refractivity (Wildman–Crippen MR) is 80.1 cm³/mol. The van der Waals surface area contributed by atoms with Gasteiger partial charge in [-0.15, -0.1) is 0 Å². The molecule has 2 aromatic heterocycles. The summed E-state index contributed by atoms with van der Waals surface area (Å²) in [6.07, 6.45) is -1.83. The highest BCUT2D eigenvalue weighted by atomic mass is 19.4. The number of alkyl halides is 3. The van der Waals surface area contributed by atoms with Gasteiger partial charge in [-0.1, -0.05) is 0 Å². The molecule has 0 unspecified atom stereocenters. The number of hydrogen-bond acceptors (Lipinski definition) is 4. The van der Waals surface area contributed by atoms with E-state index in [2.05, 4.69) is 15.3 Å². The fourth-order valence-corrected chi connectivity index (χ4v) is 1.89. The van der Waals surface area contributed by atoms with Crippen LogP contribution in [0.15, 0.2) is 36.7 Å². The number of hydrogen-bond donors (Lipinski definition) is 1. The lowest BCUT2D eigenvalue weighted by atomic mass is 10.2. The molecule has 1 amide bonds. The van der Waals surface area contributed by atoms with Crippen LogP contribution in [0.2, 0.25) is 0 Å². The molecule has 8 heteroatoms. The van der Waals surface area contributed by atoms with Gasteiger partial charge in [0, 0.05) is 19.4 Å². The van der Waals surface area contributed by atoms with Crippen LogP contribution in [0.3, 0.4) is 0 Å². The summed E-state index contributed by atoms with van der Waals surface area (Å²) in [4.78, 5) is 21.1. The number of anilines is 2. The Kier molecular flexibility index (Phi) is 4.83. The first-order valence-corrected chi connectivity index (χ1v) is 6.72. The topological polar surface area (TPSA) is 58.1 Å². The Balaban J connectivity index is 2.04. The van der Waals surface area contributed by atoms with E-state index in [0.717, 1.165) is 23.9 Å². The van der Waals surface area contributed by atoms with E-state index < -0.39 is 17.6 Å². The summed E-state index contributed by atoms with van der Waals surface area (Å²) in [6, 6.07) is 5.26. The van der Waals surface area contributed by atoms with Gasteiger partial charge < -0.3 is 10.2 Å². The predicted octanol–water partition coefficient (Wildman–Crippen LogP) is 2.88. The fraction of sp³-hybridized carbons (Fsp3) is 0.267. The maximum atomic E-state index is 12.7. The molecule has 1 N–H and O–H groups in total. The largest absolute Gasteiger partial charge is 0.416 e. The van der Waals surface area contributed by atoms with Crippen LogP contribution in [0, 0.1) is 6.92 Å². The number of halogens is 3. The van der Waals surface area contributed by atoms with Crippen molar-refractivity contribution in [2.75, 3.05) is 23.8 Å². The van der Waals surface area contributed by atoms with Gasteiger partial charge in [-0.2, -0.15) is 13.2 Å². The molecule has 0 atom stereocenters. The Morgan fingerprint density at radius 2 is 1.91 bits per heavy atom. The molecule has 23 heavy (non-hydrogen) atoms. The van der Waals surface area contributed by atoms with Crippen LogP contribution >= 0.6 is 0 Å². The maximum Gasteiger partial charge on any atom is 0.416 e. The molecule has 0 fully saturated rings. The highest BCUT2D eigenvalue weighted by Crippen LogP contribution is 2.30. The molecule has 122 valence electrons. The number of aryl methyl sites for hydroxylation is 1. The second-order valence-electron chi connectivity index (χ2n) is 5.02. The standard InChI is InChI=1S/C15H15F3N4O/c1-10-3-5-19-12(7-10)21-14(23)9-22(2)13-8-11(4-6-20-13)15(16,17)18/h3-8H,9H2,1-2H3,(H,19,21,23). The van der Waals surface area contributed by atoms with E-state index in [1.165, 1.54) is 11.9 Å². The smallest absolute Gasteiger partial charge is 0.350 e. The van der Waals surface area contributed by atoms with E-state index in [4.69, 9.17) is 0 Å². The first-order valence-electron chi connectivity index (χ1n) is 6.72. The van der Waals surface area contributed by atoms with Crippen LogP contribution in [0.5, 0.6) is 0 Å². The molecular weight excluding hydrogens is 309 g/mol. The molecule has 0 aliphatic carbocycles. The summed E-state index contributed by atoms with van der Waals surface area (Å²) in [7, 11) is 1.49. The van der Waals surface area contributed by atoms with Crippen LogP contribution in [-0.4, -0.2) is 29.5 Å². The molecule has 0 aliphatic heterocycles. The van der Waals surface area contributed by atoms with Gasteiger partial charge in [-0.25, -0.2) is 9.97 Å². The molecule has 5 nitrogen and oxygen atoms in total. The molecule has 0 saturated heterocycles. The number of carbonyl (C=O) groups excluding carboxylic acids is 1. The third kappa shape index (κ3) is 4.67. The molecule has 0 spiro atoms. The molecule has 2 heterocycles. The van der Waals surface area contributed by atoms with Crippen LogP contribution in [0.25, 0.3) is 0 Å². The third-order valence-electron chi connectivity index (χ3n) is 3.03. The summed E-state index contributed by atoms with van der Waals surface area (Å²) >= 11 is 0. The van der Waals surface area contributed by atoms with Crippen LogP contribution in [0.1, 0.15) is 11.1 Å². The van der Waals surface area contributed by atoms with E-state index in [1.807, 2.05) is 6.92 Å². The van der Waals surface area contributed by atoms with Crippen molar-refractivity contribution >= 4 is 17.5 Å². The number of aromatic nitrogens is 2. The van der Waals surface area contributed by atoms with Gasteiger partial charge in [0.05, 0.1) is 12.1 Å². The number of likely N-dealkylation sites (N-methyl/N-ethyl adjacent to an activating group) is 1. The van der Waals surface area contributed by atoms with Crippen molar-refractivity contribution in [2.24, 2.45) is 0 Å². The van der Waals surface area contributed by atoms with Crippen LogP contribution in [-0.2, 0) is 11.0 Å². The van der Waals surface area contributed by atoms with Gasteiger partial charge in [0.2, 0.25) is 5.91 Å². The van der Waals surface area contributed by atoms with Gasteiger partial charge in [-0.3, -0.25) is 4.79 Å². The molecular formula is C15H15F3N4O. The van der Waals surface area contributed by atoms with Crippen LogP contribution < -0.4 is 10.2 Å². The molecule has 0 saturated carbocycles. The summed E-state index contributed by atoms with van der Waals surface area (Å²) in [5.41, 5.74) is 0.123. The van der Waals surface area contributed by atoms with E-state index in [0.29, 0.717) is 5.82 Å². The highest BCUT2D eigenvalue weighted by molar-refractivity contribution is 5.93. The molecule has 0 bridgehead atoms. The van der Waals surface area contributed by atoms with E-state index in [1.54, 1.807) is 18.3 Å². The Labute approximate surface area is 131 Å². The summed E-state index contributed by atoms with van der Waals surface area (Å²) in [6.45, 7) is 1.71. The zero-order chi connectivity index (χ0) is 17.0. The number of amides is 1. The Hall–Kier alpha value is -2.64. The zero-order valence-electron chi connectivity index (χ0n) is 12.6. The monoisotopic (exact) mass is 324 g/mol. The van der Waals surface area contributed by atoms with E-state index in [9.17, 15) is 18.0 Å². The Bertz CT molecular complexity index is 703.